The van der Waals surface area contributed by atoms with Crippen molar-refractivity contribution in [3.8, 4) is 5.69 Å². The first-order valence-corrected chi connectivity index (χ1v) is 13.2. The molecule has 9 heteroatoms. The van der Waals surface area contributed by atoms with Crippen LogP contribution in [0.15, 0.2) is 96.3 Å². The summed E-state index contributed by atoms with van der Waals surface area (Å²) in [6.07, 6.45) is 7.11. The molecule has 0 spiro atoms. The van der Waals surface area contributed by atoms with E-state index in [1.807, 2.05) is 60.8 Å². The molecule has 0 unspecified atom stereocenters. The molecule has 1 N–H and O–H groups in total. The van der Waals surface area contributed by atoms with Gasteiger partial charge < -0.3 is 5.11 Å². The summed E-state index contributed by atoms with van der Waals surface area (Å²) >= 11 is 0. The van der Waals surface area contributed by atoms with Gasteiger partial charge in [-0.1, -0.05) is 42.5 Å². The highest BCUT2D eigenvalue weighted by molar-refractivity contribution is 7.93. The highest BCUT2D eigenvalue weighted by atomic mass is 32.2. The molecule has 0 aliphatic rings. The normalized spacial score (nSPS) is 12.1. The maximum absolute atomic E-state index is 13.7. The molecule has 0 aliphatic carbocycles. The molecule has 37 heavy (non-hydrogen) atoms. The molecule has 2 heterocycles. The molecule has 2 aromatic carbocycles. The lowest BCUT2D eigenvalue weighted by Gasteiger charge is -2.23. The summed E-state index contributed by atoms with van der Waals surface area (Å²) in [6.45, 7) is 1.87. The highest BCUT2D eigenvalue weighted by Gasteiger charge is 2.25. The Balaban J connectivity index is 1.63. The van der Waals surface area contributed by atoms with Gasteiger partial charge in [0.2, 0.25) is 10.0 Å². The van der Waals surface area contributed by atoms with Crippen molar-refractivity contribution in [1.29, 1.82) is 0 Å². The van der Waals surface area contributed by atoms with E-state index in [2.05, 4.69) is 10.1 Å². The van der Waals surface area contributed by atoms with E-state index in [4.69, 9.17) is 5.11 Å². The molecule has 0 atom stereocenters. The summed E-state index contributed by atoms with van der Waals surface area (Å²) in [4.78, 5) is 15.4. The molecule has 0 saturated carbocycles. The van der Waals surface area contributed by atoms with Crippen LogP contribution in [0.25, 0.3) is 11.8 Å². The molecule has 4 rings (SSSR count). The number of carboxylic acids is 1. The van der Waals surface area contributed by atoms with Crippen molar-refractivity contribution in [3.05, 3.63) is 119 Å². The zero-order valence-electron chi connectivity index (χ0n) is 20.4. The van der Waals surface area contributed by atoms with Gasteiger partial charge in [-0.3, -0.25) is 9.78 Å². The first-order valence-electron chi connectivity index (χ1n) is 11.8. The molecule has 0 saturated heterocycles. The number of pyridine rings is 1. The molecule has 2 aromatic heterocycles. The quantitative estimate of drug-likeness (QED) is 0.310. The molecule has 8 nitrogen and oxygen atoms in total. The maximum atomic E-state index is 13.7. The second-order valence-electron chi connectivity index (χ2n) is 8.61. The lowest BCUT2D eigenvalue weighted by molar-refractivity contribution is -0.136. The molecule has 0 radical (unpaired) electrons. The summed E-state index contributed by atoms with van der Waals surface area (Å²) in [5.74, 6) is -0.872. The smallest absolute Gasteiger partial charge is 0.303 e. The minimum Gasteiger partial charge on any atom is -0.481 e. The predicted octanol–water partition coefficient (Wildman–Crippen LogP) is 4.68. The molecule has 0 amide bonds. The fraction of sp³-hybridized carbons (Fsp3) is 0.179. The predicted molar refractivity (Wildman–Crippen MR) is 142 cm³/mol. The number of aromatic nitrogens is 3. The van der Waals surface area contributed by atoms with Crippen molar-refractivity contribution in [2.45, 2.75) is 32.9 Å². The summed E-state index contributed by atoms with van der Waals surface area (Å²) in [5, 5.41) is 13.2. The van der Waals surface area contributed by atoms with Gasteiger partial charge in [0.15, 0.2) is 0 Å². The minimum atomic E-state index is -3.84. The van der Waals surface area contributed by atoms with Crippen molar-refractivity contribution >= 4 is 22.1 Å². The van der Waals surface area contributed by atoms with Crippen LogP contribution in [-0.4, -0.2) is 38.6 Å². The minimum absolute atomic E-state index is 0.0139. The summed E-state index contributed by atoms with van der Waals surface area (Å²) in [5.41, 5.74) is 3.89. The topological polar surface area (TPSA) is 105 Å². The van der Waals surface area contributed by atoms with Gasteiger partial charge in [-0.25, -0.2) is 13.1 Å². The van der Waals surface area contributed by atoms with E-state index in [1.54, 1.807) is 48.3 Å². The Morgan fingerprint density at radius 3 is 2.38 bits per heavy atom. The number of hydrogen-bond donors (Lipinski definition) is 1. The van der Waals surface area contributed by atoms with Crippen molar-refractivity contribution in [2.75, 3.05) is 0 Å². The molecule has 0 bridgehead atoms. The van der Waals surface area contributed by atoms with E-state index in [0.717, 1.165) is 22.4 Å². The molecule has 190 valence electrons. The summed E-state index contributed by atoms with van der Waals surface area (Å²) < 4.78 is 30.6. The van der Waals surface area contributed by atoms with Gasteiger partial charge in [0.1, 0.15) is 0 Å². The summed E-state index contributed by atoms with van der Waals surface area (Å²) in [6, 6.07) is 22.1. The van der Waals surface area contributed by atoms with E-state index >= 15 is 0 Å². The van der Waals surface area contributed by atoms with E-state index < -0.39 is 16.0 Å². The highest BCUT2D eigenvalue weighted by Crippen LogP contribution is 2.23. The Hall–Kier alpha value is -4.08. The van der Waals surface area contributed by atoms with Gasteiger partial charge in [0.05, 0.1) is 16.3 Å². The number of hydrogen-bond acceptors (Lipinski definition) is 5. The molecular formula is C28H28N4O4S. The molecule has 0 fully saturated rings. The SMILES string of the molecule is CC(=Cc1ccccn1)S(=O)(=O)N(Cc1ccc(-n2cccn2)cc1)Cc1cccc(CCC(=O)O)c1. The van der Waals surface area contributed by atoms with Crippen LogP contribution in [0.2, 0.25) is 0 Å². The first-order chi connectivity index (χ1) is 17.8. The van der Waals surface area contributed by atoms with Gasteiger partial charge in [0.25, 0.3) is 0 Å². The van der Waals surface area contributed by atoms with Crippen molar-refractivity contribution in [1.82, 2.24) is 19.1 Å². The molecule has 0 aliphatic heterocycles. The Kier molecular flexibility index (Phi) is 8.27. The van der Waals surface area contributed by atoms with Gasteiger partial charge in [-0.15, -0.1) is 0 Å². The van der Waals surface area contributed by atoms with Crippen molar-refractivity contribution < 1.29 is 18.3 Å². The van der Waals surface area contributed by atoms with Crippen LogP contribution in [0.5, 0.6) is 0 Å². The zero-order chi connectivity index (χ0) is 26.3. The number of carbonyl (C=O) groups is 1. The van der Waals surface area contributed by atoms with Gasteiger partial charge in [-0.2, -0.15) is 9.40 Å². The lowest BCUT2D eigenvalue weighted by atomic mass is 10.1. The third-order valence-corrected chi connectivity index (χ3v) is 7.70. The van der Waals surface area contributed by atoms with Crippen LogP contribution < -0.4 is 0 Å². The summed E-state index contributed by atoms with van der Waals surface area (Å²) in [7, 11) is -3.84. The van der Waals surface area contributed by atoms with Gasteiger partial charge in [0, 0.05) is 38.1 Å². The average molecular weight is 517 g/mol. The van der Waals surface area contributed by atoms with Crippen LogP contribution in [0.1, 0.15) is 35.7 Å². The largest absolute Gasteiger partial charge is 0.481 e. The van der Waals surface area contributed by atoms with Crippen molar-refractivity contribution in [3.63, 3.8) is 0 Å². The maximum Gasteiger partial charge on any atom is 0.303 e. The van der Waals surface area contributed by atoms with Gasteiger partial charge >= 0.3 is 5.97 Å². The number of benzene rings is 2. The number of sulfonamides is 1. The average Bonchev–Trinajstić information content (AvgIpc) is 3.43. The lowest BCUT2D eigenvalue weighted by Crippen LogP contribution is -2.30. The van der Waals surface area contributed by atoms with Crippen LogP contribution in [0, 0.1) is 0 Å². The van der Waals surface area contributed by atoms with E-state index in [-0.39, 0.29) is 24.4 Å². The molecule has 4 aromatic rings. The Morgan fingerprint density at radius 1 is 0.946 bits per heavy atom. The van der Waals surface area contributed by atoms with Crippen LogP contribution in [0.4, 0.5) is 0 Å². The third-order valence-electron chi connectivity index (χ3n) is 5.83. The van der Waals surface area contributed by atoms with E-state index in [1.165, 1.54) is 4.31 Å². The fourth-order valence-corrected chi connectivity index (χ4v) is 5.21. The number of carboxylic acid groups (broad SMARTS) is 1. The zero-order valence-corrected chi connectivity index (χ0v) is 21.3. The number of aryl methyl sites for hydroxylation is 1. The number of rotatable bonds is 11. The fourth-order valence-electron chi connectivity index (χ4n) is 3.89. The van der Waals surface area contributed by atoms with Gasteiger partial charge in [-0.05, 0) is 66.4 Å². The second-order valence-corrected chi connectivity index (χ2v) is 10.7. The van der Waals surface area contributed by atoms with Crippen molar-refractivity contribution in [2.24, 2.45) is 0 Å². The number of nitrogens with zero attached hydrogens (tertiary/aromatic N) is 4. The van der Waals surface area contributed by atoms with E-state index in [9.17, 15) is 13.2 Å². The number of allylic oxidation sites excluding steroid dienone is 1. The second kappa shape index (κ2) is 11.8. The Morgan fingerprint density at radius 2 is 1.70 bits per heavy atom. The van der Waals surface area contributed by atoms with Crippen LogP contribution in [0.3, 0.4) is 0 Å². The van der Waals surface area contributed by atoms with E-state index in [0.29, 0.717) is 12.1 Å². The number of aliphatic carboxylic acids is 1. The third kappa shape index (κ3) is 6.99. The standard InChI is InChI=1S/C28H28N4O4S/c1-22(18-26-8-2-3-15-29-26)37(35,36)31(21-25-7-4-6-23(19-25)11-14-28(33)34)20-24-9-12-27(13-10-24)32-17-5-16-30-32/h2-10,12-13,15-19H,11,14,20-21H2,1H3,(H,33,34). The Bertz CT molecular complexity index is 1470. The van der Waals surface area contributed by atoms with Crippen LogP contribution >= 0.6 is 0 Å². The van der Waals surface area contributed by atoms with Crippen LogP contribution in [-0.2, 0) is 34.3 Å². The monoisotopic (exact) mass is 516 g/mol. The molecular weight excluding hydrogens is 488 g/mol. The Labute approximate surface area is 216 Å². The first kappa shape index (κ1) is 26.0.